The molecule has 140 valence electrons. The van der Waals surface area contributed by atoms with Gasteiger partial charge in [-0.2, -0.15) is 0 Å². The van der Waals surface area contributed by atoms with Crippen LogP contribution in [0.3, 0.4) is 0 Å². The molecule has 0 aliphatic heterocycles. The van der Waals surface area contributed by atoms with E-state index in [-0.39, 0.29) is 16.9 Å². The van der Waals surface area contributed by atoms with E-state index in [0.29, 0.717) is 16.3 Å². The molecule has 2 aromatic rings. The molecule has 0 atom stereocenters. The molecule has 0 heterocycles. The fraction of sp³-hybridized carbons (Fsp3) is 0.435. The van der Waals surface area contributed by atoms with Crippen LogP contribution in [0.5, 0.6) is 11.5 Å². The molecule has 4 saturated carbocycles. The molecule has 0 spiro atoms. The van der Waals surface area contributed by atoms with Gasteiger partial charge < -0.3 is 10.2 Å². The van der Waals surface area contributed by atoms with Crippen LogP contribution in [0.1, 0.15) is 49.7 Å². The fourth-order valence-corrected chi connectivity index (χ4v) is 6.36. The second-order valence-electron chi connectivity index (χ2n) is 8.86. The highest BCUT2D eigenvalue weighted by Gasteiger charge is 2.51. The number of hydrogen-bond donors (Lipinski definition) is 2. The average Bonchev–Trinajstić information content (AvgIpc) is 2.61. The molecule has 0 radical (unpaired) electrons. The summed E-state index contributed by atoms with van der Waals surface area (Å²) in [6, 6.07) is 10.9. The standard InChI is InChI=1S/C23H24ClNO2/c24-19-2-3-20(22(27)9-19)25-13-17-8-18(1-4-21(17)26)23-10-14-5-15(11-23)7-16(6-14)12-23/h1-4,8-9,13-16,26-27H,5-7,10-12H2. The molecule has 4 aliphatic rings. The van der Waals surface area contributed by atoms with Crippen LogP contribution in [-0.2, 0) is 5.41 Å². The number of halogens is 1. The summed E-state index contributed by atoms with van der Waals surface area (Å²) < 4.78 is 0. The van der Waals surface area contributed by atoms with Gasteiger partial charge in [0.15, 0.2) is 0 Å². The zero-order chi connectivity index (χ0) is 18.6. The highest BCUT2D eigenvalue weighted by atomic mass is 35.5. The van der Waals surface area contributed by atoms with E-state index in [2.05, 4.69) is 17.1 Å². The largest absolute Gasteiger partial charge is 0.507 e. The molecule has 4 bridgehead atoms. The van der Waals surface area contributed by atoms with Crippen LogP contribution in [0.15, 0.2) is 41.4 Å². The minimum Gasteiger partial charge on any atom is -0.507 e. The summed E-state index contributed by atoms with van der Waals surface area (Å²) in [6.07, 6.45) is 9.77. The van der Waals surface area contributed by atoms with Gasteiger partial charge in [0.25, 0.3) is 0 Å². The topological polar surface area (TPSA) is 52.8 Å². The number of phenols is 2. The molecular formula is C23H24ClNO2. The first-order valence-electron chi connectivity index (χ1n) is 9.87. The van der Waals surface area contributed by atoms with Crippen LogP contribution >= 0.6 is 11.6 Å². The van der Waals surface area contributed by atoms with Crippen molar-refractivity contribution in [3.63, 3.8) is 0 Å². The Morgan fingerprint density at radius 3 is 2.19 bits per heavy atom. The summed E-state index contributed by atoms with van der Waals surface area (Å²) in [5.41, 5.74) is 2.78. The molecular weight excluding hydrogens is 358 g/mol. The second kappa shape index (κ2) is 6.27. The van der Waals surface area contributed by atoms with Gasteiger partial charge in [0.1, 0.15) is 17.2 Å². The molecule has 27 heavy (non-hydrogen) atoms. The lowest BCUT2D eigenvalue weighted by Gasteiger charge is -2.57. The third kappa shape index (κ3) is 3.02. The summed E-state index contributed by atoms with van der Waals surface area (Å²) in [6.45, 7) is 0. The minimum atomic E-state index is 0.0375. The SMILES string of the molecule is Oc1ccc(C23CC4CC(CC(C4)C2)C3)cc1C=Nc1ccc(Cl)cc1O. The smallest absolute Gasteiger partial charge is 0.142 e. The molecule has 4 aliphatic carbocycles. The maximum Gasteiger partial charge on any atom is 0.142 e. The van der Waals surface area contributed by atoms with Gasteiger partial charge in [-0.25, -0.2) is 0 Å². The Morgan fingerprint density at radius 2 is 1.56 bits per heavy atom. The molecule has 2 aromatic carbocycles. The fourth-order valence-electron chi connectivity index (χ4n) is 6.20. The molecule has 0 saturated heterocycles. The Kier molecular flexibility index (Phi) is 3.98. The van der Waals surface area contributed by atoms with E-state index in [9.17, 15) is 10.2 Å². The number of aliphatic imine (C=N–C) groups is 1. The number of nitrogens with zero attached hydrogens (tertiary/aromatic N) is 1. The van der Waals surface area contributed by atoms with Crippen molar-refractivity contribution in [2.75, 3.05) is 0 Å². The Morgan fingerprint density at radius 1 is 0.889 bits per heavy atom. The minimum absolute atomic E-state index is 0.0375. The van der Waals surface area contributed by atoms with Crippen molar-refractivity contribution in [1.82, 2.24) is 0 Å². The predicted octanol–water partition coefficient (Wildman–Crippen LogP) is 5.97. The first kappa shape index (κ1) is 17.1. The summed E-state index contributed by atoms with van der Waals surface area (Å²) in [5.74, 6) is 2.91. The van der Waals surface area contributed by atoms with Crippen LogP contribution in [0.4, 0.5) is 5.69 Å². The second-order valence-corrected chi connectivity index (χ2v) is 9.30. The van der Waals surface area contributed by atoms with Crippen molar-refractivity contribution < 1.29 is 10.2 Å². The van der Waals surface area contributed by atoms with Gasteiger partial charge in [-0.3, -0.25) is 4.99 Å². The van der Waals surface area contributed by atoms with Crippen LogP contribution < -0.4 is 0 Å². The first-order chi connectivity index (χ1) is 13.0. The van der Waals surface area contributed by atoms with Gasteiger partial charge in [-0.1, -0.05) is 17.7 Å². The average molecular weight is 382 g/mol. The predicted molar refractivity (Wildman–Crippen MR) is 108 cm³/mol. The van der Waals surface area contributed by atoms with Gasteiger partial charge >= 0.3 is 0 Å². The van der Waals surface area contributed by atoms with Crippen molar-refractivity contribution in [2.24, 2.45) is 22.7 Å². The third-order valence-corrected chi connectivity index (χ3v) is 7.19. The van der Waals surface area contributed by atoms with E-state index >= 15 is 0 Å². The number of hydrogen-bond acceptors (Lipinski definition) is 3. The zero-order valence-electron chi connectivity index (χ0n) is 15.2. The maximum absolute atomic E-state index is 10.3. The number of aromatic hydroxyl groups is 2. The Bertz CT molecular complexity index is 885. The lowest BCUT2D eigenvalue weighted by atomic mass is 9.48. The van der Waals surface area contributed by atoms with Crippen molar-refractivity contribution in [3.8, 4) is 11.5 Å². The number of rotatable bonds is 3. The summed E-state index contributed by atoms with van der Waals surface area (Å²) >= 11 is 5.88. The summed E-state index contributed by atoms with van der Waals surface area (Å²) in [5, 5.41) is 20.8. The van der Waals surface area contributed by atoms with E-state index < -0.39 is 0 Å². The van der Waals surface area contributed by atoms with E-state index in [1.807, 2.05) is 0 Å². The Balaban J connectivity index is 1.47. The van der Waals surface area contributed by atoms with Crippen LogP contribution in [0.2, 0.25) is 5.02 Å². The van der Waals surface area contributed by atoms with Crippen molar-refractivity contribution >= 4 is 23.5 Å². The lowest BCUT2D eigenvalue weighted by molar-refractivity contribution is -0.00520. The monoisotopic (exact) mass is 381 g/mol. The molecule has 3 nitrogen and oxygen atoms in total. The zero-order valence-corrected chi connectivity index (χ0v) is 16.0. The molecule has 4 heteroatoms. The van der Waals surface area contributed by atoms with Gasteiger partial charge in [-0.05, 0) is 91.5 Å². The molecule has 2 N–H and O–H groups in total. The Hall–Kier alpha value is -2.00. The summed E-state index contributed by atoms with van der Waals surface area (Å²) in [4.78, 5) is 4.37. The quantitative estimate of drug-likeness (QED) is 0.643. The highest BCUT2D eigenvalue weighted by molar-refractivity contribution is 6.30. The Labute approximate surface area is 164 Å². The molecule has 0 aromatic heterocycles. The number of benzene rings is 2. The van der Waals surface area contributed by atoms with Gasteiger partial charge in [0, 0.05) is 22.9 Å². The molecule has 0 unspecified atom stereocenters. The molecule has 0 amide bonds. The first-order valence-corrected chi connectivity index (χ1v) is 10.2. The maximum atomic E-state index is 10.3. The van der Waals surface area contributed by atoms with Crippen LogP contribution in [0, 0.1) is 17.8 Å². The van der Waals surface area contributed by atoms with E-state index in [4.69, 9.17) is 11.6 Å². The van der Waals surface area contributed by atoms with E-state index in [0.717, 1.165) is 17.8 Å². The van der Waals surface area contributed by atoms with Crippen molar-refractivity contribution in [3.05, 3.63) is 52.5 Å². The van der Waals surface area contributed by atoms with Crippen LogP contribution in [0.25, 0.3) is 0 Å². The molecule has 4 fully saturated rings. The highest BCUT2D eigenvalue weighted by Crippen LogP contribution is 2.60. The normalized spacial score (nSPS) is 31.7. The van der Waals surface area contributed by atoms with Gasteiger partial charge in [0.2, 0.25) is 0 Å². The molecule has 6 rings (SSSR count). The van der Waals surface area contributed by atoms with E-state index in [1.165, 1.54) is 50.2 Å². The van der Waals surface area contributed by atoms with Crippen molar-refractivity contribution in [1.29, 1.82) is 0 Å². The van der Waals surface area contributed by atoms with Crippen LogP contribution in [-0.4, -0.2) is 16.4 Å². The van der Waals surface area contributed by atoms with Crippen molar-refractivity contribution in [2.45, 2.75) is 43.9 Å². The van der Waals surface area contributed by atoms with Gasteiger partial charge in [-0.15, -0.1) is 0 Å². The third-order valence-electron chi connectivity index (χ3n) is 6.96. The summed E-state index contributed by atoms with van der Waals surface area (Å²) in [7, 11) is 0. The number of phenolic OH excluding ortho intramolecular Hbond substituents is 2. The lowest BCUT2D eigenvalue weighted by Crippen LogP contribution is -2.48. The van der Waals surface area contributed by atoms with Gasteiger partial charge in [0.05, 0.1) is 0 Å². The van der Waals surface area contributed by atoms with E-state index in [1.54, 1.807) is 24.4 Å².